The van der Waals surface area contributed by atoms with E-state index in [0.29, 0.717) is 0 Å². The number of carbonyl (C=O) groups is 1. The van der Waals surface area contributed by atoms with Crippen LogP contribution in [0, 0.1) is 5.92 Å². The van der Waals surface area contributed by atoms with Crippen molar-refractivity contribution >= 4 is 17.3 Å². The molecule has 1 amide bonds. The molecule has 1 aromatic carbocycles. The van der Waals surface area contributed by atoms with Gasteiger partial charge in [-0.1, -0.05) is 32.1 Å². The van der Waals surface area contributed by atoms with Crippen molar-refractivity contribution in [3.8, 4) is 0 Å². The van der Waals surface area contributed by atoms with Crippen molar-refractivity contribution in [1.29, 1.82) is 0 Å². The summed E-state index contributed by atoms with van der Waals surface area (Å²) in [6, 6.07) is 8.02. The average molecular weight is 274 g/mol. The van der Waals surface area contributed by atoms with Gasteiger partial charge in [-0.2, -0.15) is 0 Å². The van der Waals surface area contributed by atoms with Gasteiger partial charge in [0.15, 0.2) is 0 Å². The van der Waals surface area contributed by atoms with Gasteiger partial charge in [0, 0.05) is 24.5 Å². The summed E-state index contributed by atoms with van der Waals surface area (Å²) < 4.78 is 0. The van der Waals surface area contributed by atoms with Gasteiger partial charge in [0.1, 0.15) is 0 Å². The molecule has 0 bridgehead atoms. The number of allylic oxidation sites excluding steroid dienone is 1. The van der Waals surface area contributed by atoms with Crippen molar-refractivity contribution in [2.75, 3.05) is 23.3 Å². The Morgan fingerprint density at radius 3 is 2.60 bits per heavy atom. The van der Waals surface area contributed by atoms with Crippen LogP contribution in [-0.2, 0) is 4.79 Å². The second-order valence-corrected chi connectivity index (χ2v) is 4.84. The summed E-state index contributed by atoms with van der Waals surface area (Å²) in [7, 11) is 0. The standard InChI is InChI=1S/C17H26N2O/c1-5-8-10-14(4)17(20)18-15-11-9-12-16(13-15)19(6-2)7-3/h8-14H,5-7H2,1-4H3,(H,18,20)/b10-8-/t14-/m1/s1. The van der Waals surface area contributed by atoms with Crippen LogP contribution in [0.25, 0.3) is 0 Å². The number of carbonyl (C=O) groups excluding carboxylic acids is 1. The summed E-state index contributed by atoms with van der Waals surface area (Å²) in [5.41, 5.74) is 2.00. The van der Waals surface area contributed by atoms with E-state index >= 15 is 0 Å². The molecule has 110 valence electrons. The number of amides is 1. The highest BCUT2D eigenvalue weighted by atomic mass is 16.1. The van der Waals surface area contributed by atoms with E-state index in [9.17, 15) is 4.79 Å². The third-order valence-electron chi connectivity index (χ3n) is 3.32. The summed E-state index contributed by atoms with van der Waals surface area (Å²) >= 11 is 0. The maximum absolute atomic E-state index is 12.1. The Bertz CT molecular complexity index is 450. The number of nitrogens with one attached hydrogen (secondary N) is 1. The van der Waals surface area contributed by atoms with Crippen molar-refractivity contribution in [3.63, 3.8) is 0 Å². The summed E-state index contributed by atoms with van der Waals surface area (Å²) in [6.45, 7) is 10.2. The van der Waals surface area contributed by atoms with E-state index in [-0.39, 0.29) is 11.8 Å². The average Bonchev–Trinajstić information content (AvgIpc) is 2.46. The smallest absolute Gasteiger partial charge is 0.231 e. The molecule has 0 aliphatic heterocycles. The molecular formula is C17H26N2O. The molecule has 1 rings (SSSR count). The quantitative estimate of drug-likeness (QED) is 0.760. The highest BCUT2D eigenvalue weighted by molar-refractivity contribution is 5.93. The third kappa shape index (κ3) is 4.72. The van der Waals surface area contributed by atoms with Gasteiger partial charge < -0.3 is 10.2 Å². The molecule has 0 aliphatic rings. The van der Waals surface area contributed by atoms with E-state index in [1.54, 1.807) is 0 Å². The normalized spacial score (nSPS) is 12.4. The van der Waals surface area contributed by atoms with Crippen LogP contribution in [0.1, 0.15) is 34.1 Å². The molecule has 3 nitrogen and oxygen atoms in total. The SMILES string of the molecule is CC/C=C\[C@@H](C)C(=O)Nc1cccc(N(CC)CC)c1. The van der Waals surface area contributed by atoms with E-state index in [1.165, 1.54) is 0 Å². The molecule has 0 saturated carbocycles. The zero-order valence-corrected chi connectivity index (χ0v) is 13.0. The highest BCUT2D eigenvalue weighted by Crippen LogP contribution is 2.19. The molecule has 0 aromatic heterocycles. The number of rotatable bonds is 7. The lowest BCUT2D eigenvalue weighted by Crippen LogP contribution is -2.22. The van der Waals surface area contributed by atoms with E-state index in [0.717, 1.165) is 30.9 Å². The first-order chi connectivity index (χ1) is 9.62. The molecule has 1 N–H and O–H groups in total. The second kappa shape index (κ2) is 8.41. The van der Waals surface area contributed by atoms with Crippen molar-refractivity contribution in [3.05, 3.63) is 36.4 Å². The van der Waals surface area contributed by atoms with E-state index in [1.807, 2.05) is 37.3 Å². The first kappa shape index (κ1) is 16.3. The van der Waals surface area contributed by atoms with Crippen LogP contribution in [0.15, 0.2) is 36.4 Å². The molecular weight excluding hydrogens is 248 g/mol. The van der Waals surface area contributed by atoms with Crippen LogP contribution >= 0.6 is 0 Å². The molecule has 0 aliphatic carbocycles. The lowest BCUT2D eigenvalue weighted by Gasteiger charge is -2.21. The van der Waals surface area contributed by atoms with E-state index in [2.05, 4.69) is 37.1 Å². The minimum Gasteiger partial charge on any atom is -0.372 e. The van der Waals surface area contributed by atoms with Gasteiger partial charge in [0.05, 0.1) is 5.92 Å². The molecule has 1 atom stereocenters. The molecule has 3 heteroatoms. The van der Waals surface area contributed by atoms with Crippen molar-refractivity contribution < 1.29 is 4.79 Å². The second-order valence-electron chi connectivity index (χ2n) is 4.84. The summed E-state index contributed by atoms with van der Waals surface area (Å²) in [6.07, 6.45) is 4.93. The van der Waals surface area contributed by atoms with Gasteiger partial charge in [-0.05, 0) is 38.5 Å². The Labute approximate surface area is 122 Å². The van der Waals surface area contributed by atoms with Crippen LogP contribution in [0.2, 0.25) is 0 Å². The lowest BCUT2D eigenvalue weighted by atomic mass is 10.1. The van der Waals surface area contributed by atoms with Crippen molar-refractivity contribution in [2.45, 2.75) is 34.1 Å². The number of anilines is 2. The fourth-order valence-electron chi connectivity index (χ4n) is 2.05. The Morgan fingerprint density at radius 1 is 1.30 bits per heavy atom. The summed E-state index contributed by atoms with van der Waals surface area (Å²) in [5.74, 6) is -0.0709. The monoisotopic (exact) mass is 274 g/mol. The van der Waals surface area contributed by atoms with Gasteiger partial charge in [-0.25, -0.2) is 0 Å². The number of hydrogen-bond donors (Lipinski definition) is 1. The van der Waals surface area contributed by atoms with Crippen LogP contribution < -0.4 is 10.2 Å². The lowest BCUT2D eigenvalue weighted by molar-refractivity contribution is -0.118. The molecule has 0 unspecified atom stereocenters. The largest absolute Gasteiger partial charge is 0.372 e. The fraction of sp³-hybridized carbons (Fsp3) is 0.471. The van der Waals surface area contributed by atoms with Gasteiger partial charge in [-0.3, -0.25) is 4.79 Å². The van der Waals surface area contributed by atoms with Crippen LogP contribution in [0.5, 0.6) is 0 Å². The van der Waals surface area contributed by atoms with Gasteiger partial charge >= 0.3 is 0 Å². The first-order valence-corrected chi connectivity index (χ1v) is 7.44. The van der Waals surface area contributed by atoms with E-state index < -0.39 is 0 Å². The predicted octanol–water partition coefficient (Wildman–Crippen LogP) is 4.07. The molecule has 20 heavy (non-hydrogen) atoms. The van der Waals surface area contributed by atoms with Gasteiger partial charge in [0.2, 0.25) is 5.91 Å². The Morgan fingerprint density at radius 2 is 2.00 bits per heavy atom. The molecule has 0 radical (unpaired) electrons. The fourth-order valence-corrected chi connectivity index (χ4v) is 2.05. The van der Waals surface area contributed by atoms with Gasteiger partial charge in [0.25, 0.3) is 0 Å². The van der Waals surface area contributed by atoms with Crippen LogP contribution in [-0.4, -0.2) is 19.0 Å². The maximum atomic E-state index is 12.1. The summed E-state index contributed by atoms with van der Waals surface area (Å²) in [4.78, 5) is 14.3. The van der Waals surface area contributed by atoms with Crippen molar-refractivity contribution in [2.24, 2.45) is 5.92 Å². The minimum atomic E-state index is -0.105. The first-order valence-electron chi connectivity index (χ1n) is 7.44. The molecule has 0 fully saturated rings. The van der Waals surface area contributed by atoms with E-state index in [4.69, 9.17) is 0 Å². The Balaban J connectivity index is 2.75. The topological polar surface area (TPSA) is 32.3 Å². The summed E-state index contributed by atoms with van der Waals surface area (Å²) in [5, 5.41) is 2.98. The maximum Gasteiger partial charge on any atom is 0.231 e. The van der Waals surface area contributed by atoms with Crippen molar-refractivity contribution in [1.82, 2.24) is 0 Å². The number of benzene rings is 1. The number of nitrogens with zero attached hydrogens (tertiary/aromatic N) is 1. The molecule has 1 aromatic rings. The van der Waals surface area contributed by atoms with Crippen LogP contribution in [0.3, 0.4) is 0 Å². The molecule has 0 spiro atoms. The minimum absolute atomic E-state index is 0.0337. The van der Waals surface area contributed by atoms with Crippen LogP contribution in [0.4, 0.5) is 11.4 Å². The zero-order chi connectivity index (χ0) is 15.0. The Hall–Kier alpha value is -1.77. The molecule has 0 saturated heterocycles. The predicted molar refractivity (Wildman–Crippen MR) is 87.2 cm³/mol. The zero-order valence-electron chi connectivity index (χ0n) is 13.0. The molecule has 0 heterocycles. The Kier molecular flexibility index (Phi) is 6.85. The van der Waals surface area contributed by atoms with Gasteiger partial charge in [-0.15, -0.1) is 0 Å². The highest BCUT2D eigenvalue weighted by Gasteiger charge is 2.10. The third-order valence-corrected chi connectivity index (χ3v) is 3.32. The number of hydrogen-bond acceptors (Lipinski definition) is 2.